The zero-order valence-corrected chi connectivity index (χ0v) is 18.7. The summed E-state index contributed by atoms with van der Waals surface area (Å²) < 4.78 is 0. The van der Waals surface area contributed by atoms with Gasteiger partial charge < -0.3 is 21.1 Å². The third kappa shape index (κ3) is 17.1. The highest BCUT2D eigenvalue weighted by atomic mass is 32.2. The number of carboxylic acids is 2. The smallest absolute Gasteiger partial charge is 0.321 e. The van der Waals surface area contributed by atoms with Crippen LogP contribution in [0.2, 0.25) is 0 Å². The van der Waals surface area contributed by atoms with Gasteiger partial charge in [0.05, 0.1) is 6.10 Å². The molecule has 30 heavy (non-hydrogen) atoms. The van der Waals surface area contributed by atoms with E-state index in [0.717, 1.165) is 12.8 Å². The molecule has 0 aliphatic carbocycles. The number of hydrogen-bond donors (Lipinski definition) is 4. The van der Waals surface area contributed by atoms with Crippen LogP contribution in [0.5, 0.6) is 0 Å². The van der Waals surface area contributed by atoms with Crippen LogP contribution in [0.3, 0.4) is 0 Å². The Morgan fingerprint density at radius 3 is 2.40 bits per heavy atom. The average molecular weight is 440 g/mol. The second-order valence-electron chi connectivity index (χ2n) is 7.00. The van der Waals surface area contributed by atoms with E-state index in [9.17, 15) is 14.7 Å². The third-order valence-electron chi connectivity index (χ3n) is 4.24. The molecule has 6 nitrogen and oxygen atoms in total. The van der Waals surface area contributed by atoms with Crippen LogP contribution in [-0.4, -0.2) is 50.4 Å². The summed E-state index contributed by atoms with van der Waals surface area (Å²) in [6.07, 6.45) is 21.3. The highest BCUT2D eigenvalue weighted by Gasteiger charge is 2.20. The monoisotopic (exact) mass is 439 g/mol. The van der Waals surface area contributed by atoms with E-state index < -0.39 is 24.1 Å². The van der Waals surface area contributed by atoms with Crippen molar-refractivity contribution < 1.29 is 24.9 Å². The molecule has 0 fully saturated rings. The minimum Gasteiger partial charge on any atom is -0.481 e. The fourth-order valence-electron chi connectivity index (χ4n) is 2.47. The van der Waals surface area contributed by atoms with Crippen molar-refractivity contribution in [1.29, 1.82) is 0 Å². The number of unbranched alkanes of at least 4 members (excludes halogenated alkanes) is 3. The van der Waals surface area contributed by atoms with Gasteiger partial charge in [-0.1, -0.05) is 68.4 Å². The molecule has 0 aromatic rings. The summed E-state index contributed by atoms with van der Waals surface area (Å²) in [5.74, 6) is -1.83. The van der Waals surface area contributed by atoms with Crippen LogP contribution in [0.4, 0.5) is 0 Å². The van der Waals surface area contributed by atoms with E-state index in [-0.39, 0.29) is 17.4 Å². The maximum absolute atomic E-state index is 10.9. The Labute approximate surface area is 184 Å². The van der Waals surface area contributed by atoms with E-state index in [1.54, 1.807) is 12.2 Å². The molecule has 7 heteroatoms. The van der Waals surface area contributed by atoms with Crippen LogP contribution >= 0.6 is 11.8 Å². The molecular weight excluding hydrogens is 402 g/mol. The Morgan fingerprint density at radius 1 is 1.00 bits per heavy atom. The van der Waals surface area contributed by atoms with E-state index in [0.29, 0.717) is 12.8 Å². The molecule has 0 saturated heterocycles. The Kier molecular flexibility index (Phi) is 18.0. The summed E-state index contributed by atoms with van der Waals surface area (Å²) in [5.41, 5.74) is 5.54. The summed E-state index contributed by atoms with van der Waals surface area (Å²) >= 11 is 1.26. The molecule has 0 aromatic carbocycles. The lowest BCUT2D eigenvalue weighted by Gasteiger charge is -2.20. The first-order chi connectivity index (χ1) is 14.4. The number of aliphatic hydroxyl groups is 1. The summed E-state index contributed by atoms with van der Waals surface area (Å²) in [6, 6.07) is -1.01. The highest BCUT2D eigenvalue weighted by molar-refractivity contribution is 8.00. The molecule has 0 radical (unpaired) electrons. The van der Waals surface area contributed by atoms with Crippen molar-refractivity contribution in [3.63, 3.8) is 0 Å². The number of carboxylic acid groups (broad SMARTS) is 2. The van der Waals surface area contributed by atoms with E-state index in [4.69, 9.17) is 15.9 Å². The first-order valence-corrected chi connectivity index (χ1v) is 11.6. The maximum Gasteiger partial charge on any atom is 0.321 e. The fraction of sp³-hybridized carbons (Fsp3) is 0.565. The zero-order chi connectivity index (χ0) is 22.6. The van der Waals surface area contributed by atoms with Gasteiger partial charge in [-0.15, -0.1) is 11.8 Å². The van der Waals surface area contributed by atoms with Gasteiger partial charge in [0.25, 0.3) is 0 Å². The summed E-state index contributed by atoms with van der Waals surface area (Å²) in [5, 5.41) is 27.6. The van der Waals surface area contributed by atoms with Gasteiger partial charge in [0.1, 0.15) is 6.04 Å². The van der Waals surface area contributed by atoms with Crippen LogP contribution in [0.25, 0.3) is 0 Å². The molecule has 0 spiro atoms. The van der Waals surface area contributed by atoms with Crippen molar-refractivity contribution in [1.82, 2.24) is 0 Å². The molecular formula is C23H37NO5S. The second kappa shape index (κ2) is 19.2. The predicted octanol–water partition coefficient (Wildman–Crippen LogP) is 4.31. The molecule has 170 valence electrons. The van der Waals surface area contributed by atoms with Gasteiger partial charge in [0.2, 0.25) is 0 Å². The molecule has 0 heterocycles. The van der Waals surface area contributed by atoms with E-state index in [1.165, 1.54) is 31.0 Å². The van der Waals surface area contributed by atoms with Crippen LogP contribution in [0, 0.1) is 0 Å². The average Bonchev–Trinajstić information content (AvgIpc) is 2.70. The highest BCUT2D eigenvalue weighted by Crippen LogP contribution is 2.21. The number of allylic oxidation sites excluding steroid dienone is 7. The molecule has 5 N–H and O–H groups in total. The summed E-state index contributed by atoms with van der Waals surface area (Å²) in [6.45, 7) is 2.19. The quantitative estimate of drug-likeness (QED) is 0.143. The Balaban J connectivity index is 4.51. The second-order valence-corrected chi connectivity index (χ2v) is 8.21. The number of carbonyl (C=O) groups is 2. The number of aliphatic hydroxyl groups excluding tert-OH is 1. The van der Waals surface area contributed by atoms with Crippen molar-refractivity contribution in [3.05, 3.63) is 48.6 Å². The molecule has 0 saturated carbocycles. The number of nitrogens with two attached hydrogens (primary N) is 1. The van der Waals surface area contributed by atoms with E-state index >= 15 is 0 Å². The predicted molar refractivity (Wildman–Crippen MR) is 125 cm³/mol. The first-order valence-electron chi connectivity index (χ1n) is 10.5. The zero-order valence-electron chi connectivity index (χ0n) is 17.9. The van der Waals surface area contributed by atoms with Gasteiger partial charge >= 0.3 is 11.9 Å². The third-order valence-corrected chi connectivity index (χ3v) is 5.65. The van der Waals surface area contributed by atoms with Crippen molar-refractivity contribution in [2.75, 3.05) is 5.75 Å². The van der Waals surface area contributed by atoms with Crippen LogP contribution in [0.1, 0.15) is 58.3 Å². The number of thioether (sulfide) groups is 1. The lowest BCUT2D eigenvalue weighted by molar-refractivity contribution is -0.138. The lowest BCUT2D eigenvalue weighted by Crippen LogP contribution is -2.34. The minimum absolute atomic E-state index is 0.00938. The number of hydrogen-bond acceptors (Lipinski definition) is 5. The standard InChI is InChI=1S/C23H37NO5S/c1-2-3-4-5-6-7-8-9-10-11-12-13-16-21(30-18-19(24)23(28)29)20(25)15-14-17-22(26)27/h6-7,9-13,16,19-21,25H,2-5,8,14-15,17-18,24H2,1H3,(H,26,27)(H,28,29)/b7-6-,10-9+,12-11+,16-13+/t19-,20-,21+/m0/s1. The molecule has 0 aliphatic rings. The molecule has 0 unspecified atom stereocenters. The molecule has 0 aromatic heterocycles. The van der Waals surface area contributed by atoms with Gasteiger partial charge in [-0.05, 0) is 32.1 Å². The largest absolute Gasteiger partial charge is 0.481 e. The van der Waals surface area contributed by atoms with Crippen molar-refractivity contribution >= 4 is 23.7 Å². The van der Waals surface area contributed by atoms with Gasteiger partial charge in [-0.3, -0.25) is 9.59 Å². The lowest BCUT2D eigenvalue weighted by atomic mass is 10.1. The molecule has 3 atom stereocenters. The Morgan fingerprint density at radius 2 is 1.73 bits per heavy atom. The molecule has 0 aliphatic heterocycles. The Hall–Kier alpha value is -1.83. The van der Waals surface area contributed by atoms with Gasteiger partial charge in [0.15, 0.2) is 0 Å². The maximum atomic E-state index is 10.9. The van der Waals surface area contributed by atoms with Crippen molar-refractivity contribution in [3.8, 4) is 0 Å². The van der Waals surface area contributed by atoms with Crippen LogP contribution in [0.15, 0.2) is 48.6 Å². The van der Waals surface area contributed by atoms with E-state index in [1.807, 2.05) is 18.2 Å². The minimum atomic E-state index is -1.09. The summed E-state index contributed by atoms with van der Waals surface area (Å²) in [7, 11) is 0. The number of aliphatic carboxylic acids is 2. The van der Waals surface area contributed by atoms with Crippen molar-refractivity contribution in [2.24, 2.45) is 5.73 Å². The van der Waals surface area contributed by atoms with Gasteiger partial charge in [-0.2, -0.15) is 0 Å². The number of rotatable bonds is 18. The SMILES string of the molecule is CCCCC/C=C\C/C=C/C=C/C=C/[C@@H](SC[C@H](N)C(=O)O)[C@@H](O)CCCC(=O)O. The molecule has 0 amide bonds. The summed E-state index contributed by atoms with van der Waals surface area (Å²) in [4.78, 5) is 21.5. The van der Waals surface area contributed by atoms with Gasteiger partial charge in [0, 0.05) is 17.4 Å². The fourth-order valence-corrected chi connectivity index (χ4v) is 3.60. The Bertz CT molecular complexity index is 586. The molecule has 0 bridgehead atoms. The van der Waals surface area contributed by atoms with Crippen molar-refractivity contribution in [2.45, 2.75) is 75.7 Å². The van der Waals surface area contributed by atoms with Crippen LogP contribution < -0.4 is 5.73 Å². The normalized spacial score (nSPS) is 15.4. The van der Waals surface area contributed by atoms with Crippen LogP contribution in [-0.2, 0) is 9.59 Å². The first kappa shape index (κ1) is 28.2. The van der Waals surface area contributed by atoms with E-state index in [2.05, 4.69) is 25.2 Å². The van der Waals surface area contributed by atoms with Gasteiger partial charge in [-0.25, -0.2) is 0 Å². The molecule has 0 rings (SSSR count). The topological polar surface area (TPSA) is 121 Å².